The van der Waals surface area contributed by atoms with Gasteiger partial charge in [0, 0.05) is 12.6 Å². The molecule has 1 heterocycles. The molecule has 1 aromatic heterocycles. The lowest BCUT2D eigenvalue weighted by Gasteiger charge is -1.99. The lowest BCUT2D eigenvalue weighted by atomic mass is 10.1. The molecule has 0 saturated carbocycles. The van der Waals surface area contributed by atoms with Crippen LogP contribution in [0.25, 0.3) is 11.3 Å². The van der Waals surface area contributed by atoms with E-state index in [0.717, 1.165) is 12.0 Å². The van der Waals surface area contributed by atoms with Gasteiger partial charge in [-0.05, 0) is 12.0 Å². The van der Waals surface area contributed by atoms with Crippen molar-refractivity contribution in [2.24, 2.45) is 7.05 Å². The molecule has 1 N–H and O–H groups in total. The van der Waals surface area contributed by atoms with Crippen molar-refractivity contribution in [3.05, 3.63) is 35.5 Å². The number of rotatable bonds is 3. The standard InChI is InChI=1S/C12H13N3O2/c1-3-8-4-6-9(7-5-8)10-11(12(16)17)14-15(2)13-10/h4-7H,3H2,1-2H3,(H,16,17). The second-order valence-corrected chi connectivity index (χ2v) is 3.74. The Bertz CT molecular complexity index is 543. The number of carboxylic acid groups (broad SMARTS) is 1. The van der Waals surface area contributed by atoms with Crippen molar-refractivity contribution in [1.82, 2.24) is 15.0 Å². The van der Waals surface area contributed by atoms with Crippen molar-refractivity contribution in [3.8, 4) is 11.3 Å². The summed E-state index contributed by atoms with van der Waals surface area (Å²) in [4.78, 5) is 12.3. The molecule has 0 saturated heterocycles. The van der Waals surface area contributed by atoms with Crippen LogP contribution in [-0.4, -0.2) is 26.1 Å². The van der Waals surface area contributed by atoms with Crippen molar-refractivity contribution in [1.29, 1.82) is 0 Å². The Hall–Kier alpha value is -2.17. The number of carboxylic acids is 1. The van der Waals surface area contributed by atoms with Crippen LogP contribution in [0.4, 0.5) is 0 Å². The maximum Gasteiger partial charge on any atom is 0.358 e. The molecule has 0 atom stereocenters. The minimum Gasteiger partial charge on any atom is -0.476 e. The van der Waals surface area contributed by atoms with E-state index in [1.165, 1.54) is 10.4 Å². The van der Waals surface area contributed by atoms with Crippen LogP contribution in [0.3, 0.4) is 0 Å². The Labute approximate surface area is 98.7 Å². The van der Waals surface area contributed by atoms with Gasteiger partial charge in [-0.2, -0.15) is 9.90 Å². The van der Waals surface area contributed by atoms with Gasteiger partial charge in [0.1, 0.15) is 5.69 Å². The summed E-state index contributed by atoms with van der Waals surface area (Å²) >= 11 is 0. The van der Waals surface area contributed by atoms with E-state index in [2.05, 4.69) is 17.1 Å². The number of aryl methyl sites for hydroxylation is 2. The van der Waals surface area contributed by atoms with E-state index in [1.54, 1.807) is 7.05 Å². The van der Waals surface area contributed by atoms with Gasteiger partial charge in [-0.15, -0.1) is 5.10 Å². The first kappa shape index (κ1) is 11.3. The average molecular weight is 231 g/mol. The topological polar surface area (TPSA) is 68.0 Å². The minimum absolute atomic E-state index is 0.0169. The summed E-state index contributed by atoms with van der Waals surface area (Å²) in [5.74, 6) is -1.06. The largest absolute Gasteiger partial charge is 0.476 e. The third kappa shape index (κ3) is 2.18. The van der Waals surface area contributed by atoms with E-state index in [4.69, 9.17) is 5.11 Å². The summed E-state index contributed by atoms with van der Waals surface area (Å²) in [5, 5.41) is 16.9. The molecular formula is C12H13N3O2. The lowest BCUT2D eigenvalue weighted by Crippen LogP contribution is -2.00. The van der Waals surface area contributed by atoms with Crippen LogP contribution in [0.5, 0.6) is 0 Å². The predicted molar refractivity (Wildman–Crippen MR) is 62.8 cm³/mol. The molecule has 0 unspecified atom stereocenters. The smallest absolute Gasteiger partial charge is 0.358 e. The highest BCUT2D eigenvalue weighted by molar-refractivity contribution is 5.92. The van der Waals surface area contributed by atoms with Gasteiger partial charge in [-0.1, -0.05) is 31.2 Å². The SMILES string of the molecule is CCc1ccc(-c2nn(C)nc2C(=O)O)cc1. The van der Waals surface area contributed by atoms with Gasteiger partial charge in [0.25, 0.3) is 0 Å². The summed E-state index contributed by atoms with van der Waals surface area (Å²) in [6, 6.07) is 7.68. The maximum atomic E-state index is 11.0. The van der Waals surface area contributed by atoms with Gasteiger partial charge < -0.3 is 5.11 Å². The van der Waals surface area contributed by atoms with E-state index < -0.39 is 5.97 Å². The summed E-state index contributed by atoms with van der Waals surface area (Å²) in [6.45, 7) is 2.07. The van der Waals surface area contributed by atoms with Crippen LogP contribution in [0.1, 0.15) is 23.0 Å². The zero-order valence-electron chi connectivity index (χ0n) is 9.71. The van der Waals surface area contributed by atoms with E-state index in [9.17, 15) is 4.79 Å². The Morgan fingerprint density at radius 2 is 1.94 bits per heavy atom. The quantitative estimate of drug-likeness (QED) is 0.873. The average Bonchev–Trinajstić information content (AvgIpc) is 2.72. The molecule has 0 amide bonds. The van der Waals surface area contributed by atoms with E-state index in [0.29, 0.717) is 5.69 Å². The highest BCUT2D eigenvalue weighted by Crippen LogP contribution is 2.20. The van der Waals surface area contributed by atoms with Gasteiger partial charge in [0.15, 0.2) is 5.69 Å². The van der Waals surface area contributed by atoms with E-state index in [1.807, 2.05) is 24.3 Å². The van der Waals surface area contributed by atoms with Gasteiger partial charge in [0.05, 0.1) is 0 Å². The summed E-state index contributed by atoms with van der Waals surface area (Å²) in [5.41, 5.74) is 2.36. The van der Waals surface area contributed by atoms with Gasteiger partial charge in [-0.25, -0.2) is 4.79 Å². The molecule has 0 radical (unpaired) electrons. The fourth-order valence-corrected chi connectivity index (χ4v) is 1.64. The lowest BCUT2D eigenvalue weighted by molar-refractivity contribution is 0.0690. The molecule has 88 valence electrons. The molecule has 5 nitrogen and oxygen atoms in total. The number of aromatic nitrogens is 3. The predicted octanol–water partition coefficient (Wildman–Crippen LogP) is 1.74. The highest BCUT2D eigenvalue weighted by atomic mass is 16.4. The van der Waals surface area contributed by atoms with Crippen LogP contribution in [0.2, 0.25) is 0 Å². The maximum absolute atomic E-state index is 11.0. The van der Waals surface area contributed by atoms with Crippen LogP contribution >= 0.6 is 0 Å². The van der Waals surface area contributed by atoms with Crippen molar-refractivity contribution in [3.63, 3.8) is 0 Å². The summed E-state index contributed by atoms with van der Waals surface area (Å²) < 4.78 is 0. The molecule has 0 fully saturated rings. The number of nitrogens with zero attached hydrogens (tertiary/aromatic N) is 3. The van der Waals surface area contributed by atoms with Gasteiger partial charge in [-0.3, -0.25) is 0 Å². The second-order valence-electron chi connectivity index (χ2n) is 3.74. The third-order valence-corrected chi connectivity index (χ3v) is 2.55. The Balaban J connectivity index is 2.48. The minimum atomic E-state index is -1.06. The summed E-state index contributed by atoms with van der Waals surface area (Å²) in [7, 11) is 1.61. The Morgan fingerprint density at radius 3 is 2.47 bits per heavy atom. The van der Waals surface area contributed by atoms with Gasteiger partial charge in [0.2, 0.25) is 0 Å². The number of aromatic carboxylic acids is 1. The first-order chi connectivity index (χ1) is 8.11. The summed E-state index contributed by atoms with van der Waals surface area (Å²) in [6.07, 6.45) is 0.951. The highest BCUT2D eigenvalue weighted by Gasteiger charge is 2.17. The molecule has 2 aromatic rings. The molecule has 0 bridgehead atoms. The monoisotopic (exact) mass is 231 g/mol. The van der Waals surface area contributed by atoms with Crippen molar-refractivity contribution >= 4 is 5.97 Å². The van der Waals surface area contributed by atoms with Crippen molar-refractivity contribution in [2.75, 3.05) is 0 Å². The van der Waals surface area contributed by atoms with E-state index >= 15 is 0 Å². The first-order valence-electron chi connectivity index (χ1n) is 5.35. The molecular weight excluding hydrogens is 218 g/mol. The van der Waals surface area contributed by atoms with Crippen LogP contribution in [0, 0.1) is 0 Å². The number of hydrogen-bond donors (Lipinski definition) is 1. The zero-order valence-corrected chi connectivity index (χ0v) is 9.71. The molecule has 17 heavy (non-hydrogen) atoms. The number of carbonyl (C=O) groups is 1. The van der Waals surface area contributed by atoms with Crippen LogP contribution < -0.4 is 0 Å². The molecule has 0 aliphatic heterocycles. The fraction of sp³-hybridized carbons (Fsp3) is 0.250. The second kappa shape index (κ2) is 4.37. The number of benzene rings is 1. The molecule has 0 spiro atoms. The molecule has 0 aliphatic carbocycles. The van der Waals surface area contributed by atoms with Crippen molar-refractivity contribution in [2.45, 2.75) is 13.3 Å². The van der Waals surface area contributed by atoms with Crippen molar-refractivity contribution < 1.29 is 9.90 Å². The zero-order chi connectivity index (χ0) is 12.4. The molecule has 1 aromatic carbocycles. The molecule has 5 heteroatoms. The first-order valence-corrected chi connectivity index (χ1v) is 5.35. The van der Waals surface area contributed by atoms with Gasteiger partial charge >= 0.3 is 5.97 Å². The molecule has 0 aliphatic rings. The Morgan fingerprint density at radius 1 is 1.29 bits per heavy atom. The fourth-order valence-electron chi connectivity index (χ4n) is 1.64. The van der Waals surface area contributed by atoms with E-state index in [-0.39, 0.29) is 5.69 Å². The normalized spacial score (nSPS) is 10.5. The third-order valence-electron chi connectivity index (χ3n) is 2.55. The molecule has 2 rings (SSSR count). The Kier molecular flexibility index (Phi) is 2.91. The van der Waals surface area contributed by atoms with Crippen LogP contribution in [-0.2, 0) is 13.5 Å². The number of hydrogen-bond acceptors (Lipinski definition) is 3. The van der Waals surface area contributed by atoms with Crippen LogP contribution in [0.15, 0.2) is 24.3 Å².